The van der Waals surface area contributed by atoms with Crippen LogP contribution in [0.3, 0.4) is 0 Å². The van der Waals surface area contributed by atoms with Crippen LogP contribution < -0.4 is 5.32 Å². The molecule has 2 heterocycles. The van der Waals surface area contributed by atoms with Crippen LogP contribution in [0, 0.1) is 5.82 Å². The maximum Gasteiger partial charge on any atom is 0.271 e. The SMILES string of the molecule is CC(C)OCCCNC(=O)C1(C)Cn2c(cc3ccccc32)C(=O)N1Cc1cccc(F)c1. The Balaban J connectivity index is 1.65. The van der Waals surface area contributed by atoms with Gasteiger partial charge in [-0.05, 0) is 57.0 Å². The predicted octanol–water partition coefficient (Wildman–Crippen LogP) is 4.13. The minimum absolute atomic E-state index is 0.136. The number of carbonyl (C=O) groups is 2. The third kappa shape index (κ3) is 4.64. The van der Waals surface area contributed by atoms with Gasteiger partial charge < -0.3 is 19.5 Å². The third-order valence-electron chi connectivity index (χ3n) is 6.11. The van der Waals surface area contributed by atoms with Gasteiger partial charge in [-0.3, -0.25) is 9.59 Å². The standard InChI is InChI=1S/C26H30FN3O3/c1-18(2)33-13-7-12-28-25(32)26(3)17-29-22-11-5-4-9-20(22)15-23(29)24(31)30(26)16-19-8-6-10-21(27)14-19/h4-6,8-11,14-15,18H,7,12-13,16-17H2,1-3H3,(H,28,32). The Labute approximate surface area is 193 Å². The van der Waals surface area contributed by atoms with Crippen LogP contribution in [0.5, 0.6) is 0 Å². The fraction of sp³-hybridized carbons (Fsp3) is 0.385. The molecule has 0 aliphatic carbocycles. The van der Waals surface area contributed by atoms with Gasteiger partial charge in [-0.25, -0.2) is 4.39 Å². The summed E-state index contributed by atoms with van der Waals surface area (Å²) in [5, 5.41) is 3.93. The Bertz CT molecular complexity index is 1170. The molecule has 0 radical (unpaired) electrons. The first-order valence-corrected chi connectivity index (χ1v) is 11.3. The maximum absolute atomic E-state index is 13.8. The lowest BCUT2D eigenvalue weighted by Crippen LogP contribution is -2.63. The highest BCUT2D eigenvalue weighted by atomic mass is 19.1. The number of halogens is 1. The number of nitrogens with zero attached hydrogens (tertiary/aromatic N) is 2. The summed E-state index contributed by atoms with van der Waals surface area (Å²) in [4.78, 5) is 28.7. The number of nitrogens with one attached hydrogen (secondary N) is 1. The van der Waals surface area contributed by atoms with E-state index in [1.54, 1.807) is 24.0 Å². The lowest BCUT2D eigenvalue weighted by Gasteiger charge is -2.44. The average Bonchev–Trinajstić information content (AvgIpc) is 3.14. The number of ether oxygens (including phenoxy) is 1. The largest absolute Gasteiger partial charge is 0.379 e. The summed E-state index contributed by atoms with van der Waals surface area (Å²) in [6.07, 6.45) is 0.812. The van der Waals surface area contributed by atoms with E-state index in [2.05, 4.69) is 5.32 Å². The second-order valence-corrected chi connectivity index (χ2v) is 9.00. The smallest absolute Gasteiger partial charge is 0.271 e. The Morgan fingerprint density at radius 2 is 1.97 bits per heavy atom. The highest BCUT2D eigenvalue weighted by molar-refractivity contribution is 6.03. The fourth-order valence-corrected chi connectivity index (χ4v) is 4.36. The zero-order valence-corrected chi connectivity index (χ0v) is 19.3. The van der Waals surface area contributed by atoms with E-state index in [4.69, 9.17) is 4.74 Å². The van der Waals surface area contributed by atoms with Gasteiger partial charge in [0.25, 0.3) is 5.91 Å². The van der Waals surface area contributed by atoms with Gasteiger partial charge >= 0.3 is 0 Å². The minimum Gasteiger partial charge on any atom is -0.379 e. The van der Waals surface area contributed by atoms with Gasteiger partial charge in [0.2, 0.25) is 5.91 Å². The van der Waals surface area contributed by atoms with Gasteiger partial charge in [-0.2, -0.15) is 0 Å². The number of aromatic nitrogens is 1. The highest BCUT2D eigenvalue weighted by Gasteiger charge is 2.47. The molecule has 174 valence electrons. The number of para-hydroxylation sites is 1. The van der Waals surface area contributed by atoms with E-state index in [1.807, 2.05) is 48.7 Å². The van der Waals surface area contributed by atoms with Crippen molar-refractivity contribution in [2.75, 3.05) is 13.2 Å². The number of benzene rings is 2. The molecule has 7 heteroatoms. The van der Waals surface area contributed by atoms with Gasteiger partial charge in [0.1, 0.15) is 17.1 Å². The number of rotatable bonds is 8. The van der Waals surface area contributed by atoms with Crippen molar-refractivity contribution >= 4 is 22.7 Å². The minimum atomic E-state index is -1.14. The molecule has 1 aliphatic rings. The highest BCUT2D eigenvalue weighted by Crippen LogP contribution is 2.33. The van der Waals surface area contributed by atoms with Crippen LogP contribution in [0.25, 0.3) is 10.9 Å². The zero-order chi connectivity index (χ0) is 23.6. The quantitative estimate of drug-likeness (QED) is 0.524. The molecular formula is C26H30FN3O3. The summed E-state index contributed by atoms with van der Waals surface area (Å²) >= 11 is 0. The first-order valence-electron chi connectivity index (χ1n) is 11.3. The van der Waals surface area contributed by atoms with E-state index in [-0.39, 0.29) is 30.3 Å². The number of hydrogen-bond donors (Lipinski definition) is 1. The number of amides is 2. The molecule has 1 unspecified atom stereocenters. The summed E-state index contributed by atoms with van der Waals surface area (Å²) in [5.41, 5.74) is 0.938. The molecule has 2 amide bonds. The molecule has 33 heavy (non-hydrogen) atoms. The van der Waals surface area contributed by atoms with Crippen LogP contribution in [0.15, 0.2) is 54.6 Å². The first-order chi connectivity index (χ1) is 15.8. The van der Waals surface area contributed by atoms with Gasteiger partial charge in [0.05, 0.1) is 12.6 Å². The van der Waals surface area contributed by atoms with Crippen LogP contribution in [-0.4, -0.2) is 46.1 Å². The molecule has 1 N–H and O–H groups in total. The molecule has 0 saturated heterocycles. The van der Waals surface area contributed by atoms with Gasteiger partial charge in [0.15, 0.2) is 0 Å². The van der Waals surface area contributed by atoms with E-state index in [1.165, 1.54) is 12.1 Å². The van der Waals surface area contributed by atoms with Crippen molar-refractivity contribution in [2.24, 2.45) is 0 Å². The van der Waals surface area contributed by atoms with E-state index in [0.717, 1.165) is 10.9 Å². The Morgan fingerprint density at radius 3 is 2.73 bits per heavy atom. The molecule has 4 rings (SSSR count). The Hall–Kier alpha value is -3.19. The lowest BCUT2D eigenvalue weighted by molar-refractivity contribution is -0.133. The molecule has 2 aromatic carbocycles. The molecular weight excluding hydrogens is 421 g/mol. The van der Waals surface area contributed by atoms with Gasteiger partial charge in [0, 0.05) is 30.6 Å². The fourth-order valence-electron chi connectivity index (χ4n) is 4.36. The van der Waals surface area contributed by atoms with Gasteiger partial charge in [-0.15, -0.1) is 0 Å². The number of hydrogen-bond acceptors (Lipinski definition) is 3. The van der Waals surface area contributed by atoms with Crippen molar-refractivity contribution in [1.82, 2.24) is 14.8 Å². The van der Waals surface area contributed by atoms with Crippen molar-refractivity contribution in [3.63, 3.8) is 0 Å². The lowest BCUT2D eigenvalue weighted by atomic mass is 9.93. The molecule has 0 saturated carbocycles. The molecule has 6 nitrogen and oxygen atoms in total. The number of carbonyl (C=O) groups excluding carboxylic acids is 2. The molecule has 0 spiro atoms. The summed E-state index contributed by atoms with van der Waals surface area (Å²) in [6.45, 7) is 7.16. The monoisotopic (exact) mass is 451 g/mol. The molecule has 0 fully saturated rings. The topological polar surface area (TPSA) is 63.6 Å². The van der Waals surface area contributed by atoms with Crippen molar-refractivity contribution < 1.29 is 18.7 Å². The van der Waals surface area contributed by atoms with Crippen molar-refractivity contribution in [2.45, 2.75) is 51.9 Å². The molecule has 3 aromatic rings. The van der Waals surface area contributed by atoms with E-state index < -0.39 is 5.54 Å². The summed E-state index contributed by atoms with van der Waals surface area (Å²) < 4.78 is 21.3. The normalized spacial score (nSPS) is 18.1. The first kappa shape index (κ1) is 23.0. The van der Waals surface area contributed by atoms with Gasteiger partial charge in [-0.1, -0.05) is 30.3 Å². The number of fused-ring (bicyclic) bond motifs is 3. The molecule has 0 bridgehead atoms. The van der Waals surface area contributed by atoms with Crippen molar-refractivity contribution in [3.05, 3.63) is 71.7 Å². The summed E-state index contributed by atoms with van der Waals surface area (Å²) in [7, 11) is 0. The molecule has 1 atom stereocenters. The Kier molecular flexibility index (Phi) is 6.51. The van der Waals surface area contributed by atoms with Crippen molar-refractivity contribution in [1.29, 1.82) is 0 Å². The molecule has 1 aromatic heterocycles. The second-order valence-electron chi connectivity index (χ2n) is 9.00. The second kappa shape index (κ2) is 9.35. The third-order valence-corrected chi connectivity index (χ3v) is 6.11. The van der Waals surface area contributed by atoms with Crippen LogP contribution in [0.4, 0.5) is 4.39 Å². The maximum atomic E-state index is 13.8. The van der Waals surface area contributed by atoms with E-state index in [0.29, 0.717) is 37.4 Å². The van der Waals surface area contributed by atoms with Crippen LogP contribution in [0.1, 0.15) is 43.2 Å². The molecule has 1 aliphatic heterocycles. The Morgan fingerprint density at radius 1 is 1.18 bits per heavy atom. The van der Waals surface area contributed by atoms with Crippen LogP contribution >= 0.6 is 0 Å². The summed E-state index contributed by atoms with van der Waals surface area (Å²) in [5.74, 6) is -0.856. The van der Waals surface area contributed by atoms with Crippen LogP contribution in [0.2, 0.25) is 0 Å². The predicted molar refractivity (Wildman–Crippen MR) is 125 cm³/mol. The van der Waals surface area contributed by atoms with Crippen molar-refractivity contribution in [3.8, 4) is 0 Å². The van der Waals surface area contributed by atoms with Crippen LogP contribution in [-0.2, 0) is 22.6 Å². The van der Waals surface area contributed by atoms with E-state index in [9.17, 15) is 14.0 Å². The van der Waals surface area contributed by atoms with E-state index >= 15 is 0 Å². The zero-order valence-electron chi connectivity index (χ0n) is 19.3. The average molecular weight is 452 g/mol. The summed E-state index contributed by atoms with van der Waals surface area (Å²) in [6, 6.07) is 15.8.